The van der Waals surface area contributed by atoms with Crippen molar-refractivity contribution in [2.24, 2.45) is 0 Å². The molecule has 4 rings (SSSR count). The minimum Gasteiger partial charge on any atom is -0.368 e. The Morgan fingerprint density at radius 2 is 1.70 bits per heavy atom. The van der Waals surface area contributed by atoms with E-state index in [2.05, 4.69) is 89.3 Å². The zero-order chi connectivity index (χ0) is 19.5. The van der Waals surface area contributed by atoms with Crippen molar-refractivity contribution in [1.82, 2.24) is 10.2 Å². The van der Waals surface area contributed by atoms with Crippen molar-refractivity contribution >= 4 is 36.2 Å². The fourth-order valence-corrected chi connectivity index (χ4v) is 4.66. The highest BCUT2D eigenvalue weighted by atomic mass is 35.5. The molecule has 0 radical (unpaired) electrons. The Labute approximate surface area is 194 Å². The van der Waals surface area contributed by atoms with E-state index in [1.54, 1.807) is 0 Å². The summed E-state index contributed by atoms with van der Waals surface area (Å²) in [7, 11) is 0. The van der Waals surface area contributed by atoms with Gasteiger partial charge in [0.05, 0.1) is 0 Å². The third-order valence-corrected chi connectivity index (χ3v) is 6.35. The number of hydrogen-bond acceptors (Lipinski definition) is 4. The molecule has 0 unspecified atom stereocenters. The summed E-state index contributed by atoms with van der Waals surface area (Å²) in [6.45, 7) is 14.5. The van der Waals surface area contributed by atoms with Crippen molar-refractivity contribution < 1.29 is 0 Å². The number of nitrogens with one attached hydrogen (secondary N) is 1. The average molecular weight is 451 g/mol. The van der Waals surface area contributed by atoms with Crippen LogP contribution in [0.25, 0.3) is 0 Å². The van der Waals surface area contributed by atoms with E-state index in [0.29, 0.717) is 12.1 Å². The van der Waals surface area contributed by atoms with Crippen LogP contribution in [-0.2, 0) is 6.54 Å². The summed E-state index contributed by atoms with van der Waals surface area (Å²) in [4.78, 5) is 7.72. The van der Waals surface area contributed by atoms with E-state index in [1.165, 1.54) is 22.5 Å². The van der Waals surface area contributed by atoms with Gasteiger partial charge >= 0.3 is 0 Å². The first kappa shape index (κ1) is 24.8. The minimum atomic E-state index is 0. The summed E-state index contributed by atoms with van der Waals surface area (Å²) < 4.78 is 0. The molecule has 0 amide bonds. The molecular weight excluding hydrogens is 415 g/mol. The molecule has 2 aromatic rings. The second-order valence-corrected chi connectivity index (χ2v) is 8.47. The van der Waals surface area contributed by atoms with Crippen LogP contribution in [0, 0.1) is 6.92 Å². The number of aryl methyl sites for hydroxylation is 1. The molecule has 2 aliphatic heterocycles. The van der Waals surface area contributed by atoms with Crippen molar-refractivity contribution in [3.8, 4) is 0 Å². The highest BCUT2D eigenvalue weighted by Gasteiger charge is 2.25. The summed E-state index contributed by atoms with van der Waals surface area (Å²) in [6, 6.07) is 19.0. The fourth-order valence-electron chi connectivity index (χ4n) is 4.66. The maximum absolute atomic E-state index is 3.48. The fraction of sp³-hybridized carbons (Fsp3) is 0.500. The first-order chi connectivity index (χ1) is 13.6. The zero-order valence-electron chi connectivity index (χ0n) is 18.4. The van der Waals surface area contributed by atoms with Gasteiger partial charge in [0.1, 0.15) is 0 Å². The summed E-state index contributed by atoms with van der Waals surface area (Å²) in [6.07, 6.45) is 0. The maximum atomic E-state index is 3.48. The van der Waals surface area contributed by atoms with Crippen LogP contribution in [0.2, 0.25) is 0 Å². The lowest BCUT2D eigenvalue weighted by Crippen LogP contribution is -2.51. The second kappa shape index (κ2) is 11.2. The number of piperazine rings is 2. The lowest BCUT2D eigenvalue weighted by molar-refractivity contribution is 0.181. The van der Waals surface area contributed by atoms with E-state index in [0.717, 1.165) is 45.8 Å². The molecule has 30 heavy (non-hydrogen) atoms. The molecule has 2 aromatic carbocycles. The quantitative estimate of drug-likeness (QED) is 0.746. The molecule has 0 aliphatic carbocycles. The highest BCUT2D eigenvalue weighted by molar-refractivity contribution is 5.85. The Kier molecular flexibility index (Phi) is 9.30. The van der Waals surface area contributed by atoms with Gasteiger partial charge in [-0.2, -0.15) is 0 Å². The lowest BCUT2D eigenvalue weighted by Gasteiger charge is -2.42. The van der Waals surface area contributed by atoms with E-state index in [-0.39, 0.29) is 24.8 Å². The molecule has 2 aliphatic rings. The molecule has 2 heterocycles. The van der Waals surface area contributed by atoms with Crippen molar-refractivity contribution in [1.29, 1.82) is 0 Å². The van der Waals surface area contributed by atoms with Gasteiger partial charge in [-0.3, -0.25) is 4.90 Å². The second-order valence-electron chi connectivity index (χ2n) is 8.47. The van der Waals surface area contributed by atoms with Gasteiger partial charge in [0, 0.05) is 69.3 Å². The monoisotopic (exact) mass is 450 g/mol. The van der Waals surface area contributed by atoms with Gasteiger partial charge in [-0.05, 0) is 50.1 Å². The smallest absolute Gasteiger partial charge is 0.0398 e. The van der Waals surface area contributed by atoms with Crippen LogP contribution in [-0.4, -0.2) is 56.3 Å². The molecule has 0 aromatic heterocycles. The average Bonchev–Trinajstić information content (AvgIpc) is 2.71. The van der Waals surface area contributed by atoms with Crippen LogP contribution in [0.3, 0.4) is 0 Å². The van der Waals surface area contributed by atoms with Gasteiger partial charge in [-0.25, -0.2) is 0 Å². The number of benzene rings is 2. The summed E-state index contributed by atoms with van der Waals surface area (Å²) in [5.41, 5.74) is 5.57. The third-order valence-electron chi connectivity index (χ3n) is 6.35. The van der Waals surface area contributed by atoms with Crippen LogP contribution in [0.15, 0.2) is 48.5 Å². The van der Waals surface area contributed by atoms with Gasteiger partial charge in [-0.15, -0.1) is 24.8 Å². The van der Waals surface area contributed by atoms with Crippen molar-refractivity contribution in [3.05, 3.63) is 59.7 Å². The van der Waals surface area contributed by atoms with Crippen molar-refractivity contribution in [2.45, 2.75) is 39.4 Å². The van der Waals surface area contributed by atoms with E-state index in [4.69, 9.17) is 0 Å². The maximum Gasteiger partial charge on any atom is 0.0398 e. The third kappa shape index (κ3) is 5.61. The number of anilines is 2. The number of nitrogens with zero attached hydrogens (tertiary/aromatic N) is 3. The van der Waals surface area contributed by atoms with Crippen LogP contribution >= 0.6 is 24.8 Å². The Morgan fingerprint density at radius 1 is 0.933 bits per heavy atom. The van der Waals surface area contributed by atoms with Gasteiger partial charge in [0.15, 0.2) is 0 Å². The number of rotatable bonds is 4. The Morgan fingerprint density at radius 3 is 2.37 bits per heavy atom. The standard InChI is InChI=1S/C24H34N4.2ClH/c1-19-15-23(28-12-11-25-16-20(28)2)9-10-24(19)27-14-13-26(21(3)17-27)18-22-7-5-4-6-8-22;;/h4-10,15,20-21,25H,11-14,16-18H2,1-3H3;2*1H/t20-,21+;;/m1../s1. The number of halogens is 2. The Hall–Kier alpha value is -1.46. The topological polar surface area (TPSA) is 21.8 Å². The predicted octanol–water partition coefficient (Wildman–Crippen LogP) is 4.35. The first-order valence-electron chi connectivity index (χ1n) is 10.7. The van der Waals surface area contributed by atoms with Crippen molar-refractivity contribution in [3.63, 3.8) is 0 Å². The van der Waals surface area contributed by atoms with Gasteiger partial charge in [0.2, 0.25) is 0 Å². The molecular formula is C24H36Cl2N4. The molecule has 166 valence electrons. The lowest BCUT2D eigenvalue weighted by atomic mass is 10.1. The van der Waals surface area contributed by atoms with Crippen LogP contribution in [0.1, 0.15) is 25.0 Å². The number of hydrogen-bond donors (Lipinski definition) is 1. The van der Waals surface area contributed by atoms with E-state index in [9.17, 15) is 0 Å². The largest absolute Gasteiger partial charge is 0.368 e. The first-order valence-corrected chi connectivity index (χ1v) is 10.7. The van der Waals surface area contributed by atoms with E-state index >= 15 is 0 Å². The van der Waals surface area contributed by atoms with Crippen LogP contribution < -0.4 is 15.1 Å². The molecule has 1 N–H and O–H groups in total. The van der Waals surface area contributed by atoms with Gasteiger partial charge in [-0.1, -0.05) is 30.3 Å². The van der Waals surface area contributed by atoms with Crippen LogP contribution in [0.5, 0.6) is 0 Å². The molecule has 4 nitrogen and oxygen atoms in total. The molecule has 2 fully saturated rings. The Bertz CT molecular complexity index is 786. The Balaban J connectivity index is 0.00000160. The molecule has 0 bridgehead atoms. The van der Waals surface area contributed by atoms with Gasteiger partial charge in [0.25, 0.3) is 0 Å². The molecule has 0 saturated carbocycles. The predicted molar refractivity (Wildman–Crippen MR) is 134 cm³/mol. The van der Waals surface area contributed by atoms with Crippen LogP contribution in [0.4, 0.5) is 11.4 Å². The van der Waals surface area contributed by atoms with E-state index < -0.39 is 0 Å². The summed E-state index contributed by atoms with van der Waals surface area (Å²) >= 11 is 0. The zero-order valence-corrected chi connectivity index (χ0v) is 20.0. The molecule has 2 saturated heterocycles. The molecule has 0 spiro atoms. The normalized spacial score (nSPS) is 22.2. The summed E-state index contributed by atoms with van der Waals surface area (Å²) in [5, 5.41) is 3.48. The summed E-state index contributed by atoms with van der Waals surface area (Å²) in [5.74, 6) is 0. The van der Waals surface area contributed by atoms with Gasteiger partial charge < -0.3 is 15.1 Å². The highest BCUT2D eigenvalue weighted by Crippen LogP contribution is 2.29. The SMILES string of the molecule is Cc1cc(N2CCNC[C@H]2C)ccc1N1CCN(Cc2ccccc2)[C@@H](C)C1.Cl.Cl. The van der Waals surface area contributed by atoms with E-state index in [1.807, 2.05) is 0 Å². The van der Waals surface area contributed by atoms with Crippen molar-refractivity contribution in [2.75, 3.05) is 49.1 Å². The minimum absolute atomic E-state index is 0. The molecule has 2 atom stereocenters. The molecule has 6 heteroatoms.